The Morgan fingerprint density at radius 2 is 1.82 bits per heavy atom. The van der Waals surface area contributed by atoms with Crippen LogP contribution in [0.2, 0.25) is 0 Å². The third kappa shape index (κ3) is 4.68. The number of nitrogens with zero attached hydrogens (tertiary/aromatic N) is 4. The number of thiophene rings is 2. The van der Waals surface area contributed by atoms with Crippen molar-refractivity contribution >= 4 is 33.6 Å². The molecule has 1 N–H and O–H groups in total. The van der Waals surface area contributed by atoms with Gasteiger partial charge in [0.1, 0.15) is 0 Å². The number of guanidine groups is 1. The molecule has 1 atom stereocenters. The normalized spacial score (nSPS) is 20.4. The van der Waals surface area contributed by atoms with Gasteiger partial charge >= 0.3 is 0 Å². The minimum Gasteiger partial charge on any atom is -0.379 e. The van der Waals surface area contributed by atoms with Crippen LogP contribution in [-0.2, 0) is 4.74 Å². The lowest BCUT2D eigenvalue weighted by Gasteiger charge is -2.38. The van der Waals surface area contributed by atoms with Crippen LogP contribution in [0.1, 0.15) is 10.9 Å². The molecule has 0 bridgehead atoms. The predicted octanol–water partition coefficient (Wildman–Crippen LogP) is 2.58. The van der Waals surface area contributed by atoms with Crippen LogP contribution >= 0.6 is 22.7 Å². The van der Waals surface area contributed by atoms with E-state index < -0.39 is 0 Å². The van der Waals surface area contributed by atoms with Crippen molar-refractivity contribution in [2.24, 2.45) is 4.99 Å². The molecule has 152 valence electrons. The zero-order chi connectivity index (χ0) is 19.2. The van der Waals surface area contributed by atoms with Gasteiger partial charge in [0, 0.05) is 57.7 Å². The minimum atomic E-state index is 0.369. The van der Waals surface area contributed by atoms with E-state index in [1.165, 1.54) is 9.88 Å². The van der Waals surface area contributed by atoms with E-state index in [-0.39, 0.29) is 0 Å². The number of anilines is 1. The van der Waals surface area contributed by atoms with E-state index in [0.29, 0.717) is 6.04 Å². The molecule has 0 aromatic carbocycles. The van der Waals surface area contributed by atoms with Crippen LogP contribution in [0.3, 0.4) is 0 Å². The summed E-state index contributed by atoms with van der Waals surface area (Å²) in [6.07, 6.45) is 0. The maximum Gasteiger partial charge on any atom is 0.193 e. The van der Waals surface area contributed by atoms with Crippen LogP contribution in [0, 0.1) is 0 Å². The summed E-state index contributed by atoms with van der Waals surface area (Å²) in [5.41, 5.74) is 0. The third-order valence-corrected chi connectivity index (χ3v) is 7.32. The Morgan fingerprint density at radius 3 is 2.46 bits per heavy atom. The lowest BCUT2D eigenvalue weighted by molar-refractivity contribution is 0.0176. The molecule has 2 fully saturated rings. The highest BCUT2D eigenvalue weighted by molar-refractivity contribution is 7.14. The number of ether oxygens (including phenoxy) is 1. The molecule has 2 aromatic rings. The molecule has 8 heteroatoms. The first-order chi connectivity index (χ1) is 13.8. The highest BCUT2D eigenvalue weighted by atomic mass is 32.1. The van der Waals surface area contributed by atoms with Crippen molar-refractivity contribution in [3.63, 3.8) is 0 Å². The predicted molar refractivity (Wildman–Crippen MR) is 119 cm³/mol. The number of hydrogen-bond donors (Lipinski definition) is 1. The quantitative estimate of drug-likeness (QED) is 0.596. The zero-order valence-corrected chi connectivity index (χ0v) is 18.1. The Kier molecular flexibility index (Phi) is 6.85. The van der Waals surface area contributed by atoms with Gasteiger partial charge in [0.25, 0.3) is 0 Å². The number of rotatable bonds is 5. The number of nitrogens with one attached hydrogen (secondary N) is 1. The zero-order valence-electron chi connectivity index (χ0n) is 16.4. The second-order valence-corrected chi connectivity index (χ2v) is 8.94. The lowest BCUT2D eigenvalue weighted by Crippen LogP contribution is -2.53. The first-order valence-electron chi connectivity index (χ1n) is 9.94. The van der Waals surface area contributed by atoms with E-state index in [1.807, 2.05) is 29.7 Å². The first kappa shape index (κ1) is 19.7. The largest absolute Gasteiger partial charge is 0.379 e. The summed E-state index contributed by atoms with van der Waals surface area (Å²) in [4.78, 5) is 13.4. The van der Waals surface area contributed by atoms with E-state index in [0.717, 1.165) is 65.0 Å². The molecule has 2 saturated heterocycles. The van der Waals surface area contributed by atoms with Crippen molar-refractivity contribution in [3.8, 4) is 0 Å². The summed E-state index contributed by atoms with van der Waals surface area (Å²) in [6.45, 7) is 8.57. The summed E-state index contributed by atoms with van der Waals surface area (Å²) in [5.74, 6) is 1.01. The third-order valence-electron chi connectivity index (χ3n) is 5.42. The highest BCUT2D eigenvalue weighted by Crippen LogP contribution is 2.26. The second-order valence-electron chi connectivity index (χ2n) is 7.03. The minimum absolute atomic E-state index is 0.369. The Hall–Kier alpha value is -1.61. The lowest BCUT2D eigenvalue weighted by atomic mass is 10.2. The molecular formula is C20H29N5OS2. The summed E-state index contributed by atoms with van der Waals surface area (Å²) in [7, 11) is 1.89. The van der Waals surface area contributed by atoms with Crippen LogP contribution in [0.4, 0.5) is 5.00 Å². The van der Waals surface area contributed by atoms with Gasteiger partial charge < -0.3 is 19.9 Å². The molecule has 0 saturated carbocycles. The fraction of sp³-hybridized carbons (Fsp3) is 0.550. The molecule has 0 radical (unpaired) electrons. The molecule has 1 unspecified atom stereocenters. The standard InChI is InChI=1S/C20H29N5OS2/c1-21-20(25-8-6-24(7-9-25)19-5-3-15-28-19)22-16-17(18-4-2-14-27-18)23-10-12-26-13-11-23/h2-5,14-15,17H,6-13,16H2,1H3,(H,21,22). The summed E-state index contributed by atoms with van der Waals surface area (Å²) in [5, 5.41) is 9.35. The molecule has 2 aliphatic heterocycles. The molecule has 0 spiro atoms. The van der Waals surface area contributed by atoms with E-state index in [1.54, 1.807) is 0 Å². The second kappa shape index (κ2) is 9.73. The maximum absolute atomic E-state index is 5.56. The monoisotopic (exact) mass is 419 g/mol. The number of morpholine rings is 1. The van der Waals surface area contributed by atoms with Crippen LogP contribution < -0.4 is 10.2 Å². The van der Waals surface area contributed by atoms with Gasteiger partial charge in [-0.25, -0.2) is 0 Å². The van der Waals surface area contributed by atoms with Crippen molar-refractivity contribution in [1.82, 2.24) is 15.1 Å². The average molecular weight is 420 g/mol. The molecular weight excluding hydrogens is 390 g/mol. The molecule has 2 aromatic heterocycles. The average Bonchev–Trinajstić information content (AvgIpc) is 3.47. The highest BCUT2D eigenvalue weighted by Gasteiger charge is 2.25. The molecule has 4 heterocycles. The molecule has 6 nitrogen and oxygen atoms in total. The van der Waals surface area contributed by atoms with Gasteiger partial charge in [-0.3, -0.25) is 9.89 Å². The van der Waals surface area contributed by atoms with Crippen molar-refractivity contribution in [3.05, 3.63) is 39.9 Å². The molecule has 0 aliphatic carbocycles. The fourth-order valence-electron chi connectivity index (χ4n) is 3.89. The summed E-state index contributed by atoms with van der Waals surface area (Å²) < 4.78 is 5.56. The molecule has 28 heavy (non-hydrogen) atoms. The Balaban J connectivity index is 1.35. The molecule has 2 aliphatic rings. The van der Waals surface area contributed by atoms with Crippen molar-refractivity contribution in [2.75, 3.05) is 71.0 Å². The van der Waals surface area contributed by atoms with Crippen LogP contribution in [-0.4, -0.2) is 81.8 Å². The molecule has 0 amide bonds. The first-order valence-corrected chi connectivity index (χ1v) is 11.7. The summed E-state index contributed by atoms with van der Waals surface area (Å²) in [6, 6.07) is 9.10. The van der Waals surface area contributed by atoms with E-state index in [4.69, 9.17) is 4.74 Å². The van der Waals surface area contributed by atoms with Crippen molar-refractivity contribution < 1.29 is 4.74 Å². The van der Waals surface area contributed by atoms with Gasteiger partial charge in [-0.05, 0) is 29.0 Å². The van der Waals surface area contributed by atoms with Crippen LogP contribution in [0.5, 0.6) is 0 Å². The fourth-order valence-corrected chi connectivity index (χ4v) is 5.53. The Bertz CT molecular complexity index is 720. The van der Waals surface area contributed by atoms with E-state index in [9.17, 15) is 0 Å². The Morgan fingerprint density at radius 1 is 1.07 bits per heavy atom. The van der Waals surface area contributed by atoms with Crippen molar-refractivity contribution in [2.45, 2.75) is 6.04 Å². The van der Waals surface area contributed by atoms with Gasteiger partial charge in [-0.15, -0.1) is 22.7 Å². The van der Waals surface area contributed by atoms with E-state index in [2.05, 4.69) is 60.0 Å². The van der Waals surface area contributed by atoms with Crippen molar-refractivity contribution in [1.29, 1.82) is 0 Å². The maximum atomic E-state index is 5.56. The van der Waals surface area contributed by atoms with Gasteiger partial charge in [0.05, 0.1) is 24.3 Å². The molecule has 4 rings (SSSR count). The van der Waals surface area contributed by atoms with Gasteiger partial charge in [-0.1, -0.05) is 6.07 Å². The van der Waals surface area contributed by atoms with Crippen LogP contribution in [0.15, 0.2) is 40.0 Å². The SMILES string of the molecule is CN=C(NCC(c1cccs1)N1CCOCC1)N1CCN(c2cccs2)CC1. The van der Waals surface area contributed by atoms with Gasteiger partial charge in [0.15, 0.2) is 5.96 Å². The topological polar surface area (TPSA) is 43.3 Å². The van der Waals surface area contributed by atoms with Gasteiger partial charge in [0.2, 0.25) is 0 Å². The smallest absolute Gasteiger partial charge is 0.193 e. The number of piperazine rings is 1. The number of aliphatic imine (C=N–C) groups is 1. The van der Waals surface area contributed by atoms with Gasteiger partial charge in [-0.2, -0.15) is 0 Å². The number of hydrogen-bond acceptors (Lipinski definition) is 6. The summed E-state index contributed by atoms with van der Waals surface area (Å²) >= 11 is 3.66. The van der Waals surface area contributed by atoms with Crippen LogP contribution in [0.25, 0.3) is 0 Å². The Labute approximate surface area is 175 Å². The van der Waals surface area contributed by atoms with E-state index >= 15 is 0 Å².